The quantitative estimate of drug-likeness (QED) is 0.577. The molecule has 92 valence electrons. The molecule has 0 spiro atoms. The van der Waals surface area contributed by atoms with Gasteiger partial charge in [-0.25, -0.2) is 0 Å². The van der Waals surface area contributed by atoms with E-state index in [1.54, 1.807) is 5.57 Å². The molecule has 0 aliphatic heterocycles. The van der Waals surface area contributed by atoms with Gasteiger partial charge < -0.3 is 0 Å². The van der Waals surface area contributed by atoms with Crippen molar-refractivity contribution in [3.63, 3.8) is 0 Å². The summed E-state index contributed by atoms with van der Waals surface area (Å²) in [7, 11) is 0. The lowest BCUT2D eigenvalue weighted by Crippen LogP contribution is -1.96. The van der Waals surface area contributed by atoms with Crippen molar-refractivity contribution >= 4 is 0 Å². The zero-order valence-corrected chi connectivity index (χ0v) is 10.8. The molecule has 4 rings (SSSR count). The molecule has 0 saturated heterocycles. The molecule has 0 aromatic heterocycles. The van der Waals surface area contributed by atoms with Crippen molar-refractivity contribution in [2.24, 2.45) is 5.92 Å². The number of hydrogen-bond acceptors (Lipinski definition) is 0. The van der Waals surface area contributed by atoms with Crippen LogP contribution in [0.5, 0.6) is 0 Å². The van der Waals surface area contributed by atoms with Crippen molar-refractivity contribution < 1.29 is 0 Å². The Kier molecular flexibility index (Phi) is 2.41. The zero-order valence-electron chi connectivity index (χ0n) is 10.8. The molecule has 1 atom stereocenters. The first-order chi connectivity index (χ1) is 9.45. The third-order valence-corrected chi connectivity index (χ3v) is 4.32. The van der Waals surface area contributed by atoms with Gasteiger partial charge in [-0.3, -0.25) is 0 Å². The van der Waals surface area contributed by atoms with E-state index in [4.69, 9.17) is 0 Å². The van der Waals surface area contributed by atoms with E-state index >= 15 is 0 Å². The second-order valence-electron chi connectivity index (χ2n) is 5.33. The average molecular weight is 244 g/mol. The number of allylic oxidation sites excluding steroid dienone is 16. The first-order valence-electron chi connectivity index (χ1n) is 6.99. The highest BCUT2D eigenvalue weighted by Crippen LogP contribution is 2.51. The molecule has 0 radical (unpaired) electrons. The van der Waals surface area contributed by atoms with Gasteiger partial charge in [-0.1, -0.05) is 66.8 Å². The molecule has 0 amide bonds. The molecule has 0 heteroatoms. The fourth-order valence-corrected chi connectivity index (χ4v) is 3.53. The van der Waals surface area contributed by atoms with Crippen LogP contribution in [0.4, 0.5) is 0 Å². The predicted molar refractivity (Wildman–Crippen MR) is 80.6 cm³/mol. The van der Waals surface area contributed by atoms with E-state index in [-0.39, 0.29) is 0 Å². The minimum atomic E-state index is 0.611. The number of rotatable bonds is 0. The van der Waals surface area contributed by atoms with E-state index in [9.17, 15) is 0 Å². The van der Waals surface area contributed by atoms with Crippen molar-refractivity contribution in [3.8, 4) is 0 Å². The Balaban J connectivity index is 1.94. The highest BCUT2D eigenvalue weighted by atomic mass is 14.4. The summed E-state index contributed by atoms with van der Waals surface area (Å²) in [5.74, 6) is 0.611. The maximum atomic E-state index is 2.30. The molecule has 0 aromatic rings. The van der Waals surface area contributed by atoms with E-state index in [0.717, 1.165) is 0 Å². The Labute approximate surface area is 114 Å². The molecule has 0 N–H and O–H groups in total. The van der Waals surface area contributed by atoms with Crippen molar-refractivity contribution in [1.29, 1.82) is 0 Å². The highest BCUT2D eigenvalue weighted by Gasteiger charge is 2.36. The molecule has 0 heterocycles. The van der Waals surface area contributed by atoms with Gasteiger partial charge in [0.15, 0.2) is 0 Å². The van der Waals surface area contributed by atoms with Gasteiger partial charge in [0.25, 0.3) is 0 Å². The summed E-state index contributed by atoms with van der Waals surface area (Å²) in [5.41, 5.74) is 7.45. The third kappa shape index (κ3) is 1.60. The van der Waals surface area contributed by atoms with Crippen LogP contribution >= 0.6 is 0 Å². The van der Waals surface area contributed by atoms with Gasteiger partial charge in [-0.15, -0.1) is 0 Å². The van der Waals surface area contributed by atoms with Crippen LogP contribution in [0.15, 0.2) is 94.7 Å². The van der Waals surface area contributed by atoms with Crippen LogP contribution in [-0.2, 0) is 0 Å². The molecule has 4 aliphatic carbocycles. The lowest BCUT2D eigenvalue weighted by atomic mass is 9.95. The van der Waals surface area contributed by atoms with Crippen LogP contribution in [0.25, 0.3) is 0 Å². The summed E-state index contributed by atoms with van der Waals surface area (Å²) in [6.07, 6.45) is 26.6. The predicted octanol–water partition coefficient (Wildman–Crippen LogP) is 4.74. The SMILES string of the molecule is C1=CC=CC2=C(C=C1)C1=C3C(=CC=CC=C1)CCC23. The van der Waals surface area contributed by atoms with Gasteiger partial charge in [0.05, 0.1) is 0 Å². The molecule has 0 nitrogen and oxygen atoms in total. The Morgan fingerprint density at radius 3 is 2.37 bits per heavy atom. The van der Waals surface area contributed by atoms with Crippen LogP contribution < -0.4 is 0 Å². The van der Waals surface area contributed by atoms with Gasteiger partial charge in [0.1, 0.15) is 0 Å². The van der Waals surface area contributed by atoms with Gasteiger partial charge in [0.2, 0.25) is 0 Å². The summed E-state index contributed by atoms with van der Waals surface area (Å²) >= 11 is 0. The highest BCUT2D eigenvalue weighted by molar-refractivity contribution is 5.69. The molecule has 4 aliphatic rings. The van der Waals surface area contributed by atoms with E-state index in [1.165, 1.54) is 35.1 Å². The van der Waals surface area contributed by atoms with Crippen molar-refractivity contribution in [2.45, 2.75) is 12.8 Å². The van der Waals surface area contributed by atoms with Crippen LogP contribution in [0.1, 0.15) is 12.8 Å². The lowest BCUT2D eigenvalue weighted by Gasteiger charge is -2.08. The van der Waals surface area contributed by atoms with Crippen LogP contribution in [-0.4, -0.2) is 0 Å². The van der Waals surface area contributed by atoms with E-state index < -0.39 is 0 Å². The van der Waals surface area contributed by atoms with Crippen LogP contribution in [0, 0.1) is 5.92 Å². The van der Waals surface area contributed by atoms with Gasteiger partial charge in [-0.05, 0) is 40.7 Å². The Bertz CT molecular complexity index is 667. The summed E-state index contributed by atoms with van der Waals surface area (Å²) in [6, 6.07) is 0. The zero-order chi connectivity index (χ0) is 12.7. The number of fused-ring (bicyclic) bond motifs is 2. The fraction of sp³-hybridized carbons (Fsp3) is 0.158. The minimum Gasteiger partial charge on any atom is -0.0623 e. The van der Waals surface area contributed by atoms with Crippen molar-refractivity contribution in [2.75, 3.05) is 0 Å². The molecule has 0 aromatic carbocycles. The molecular weight excluding hydrogens is 228 g/mol. The number of hydrogen-bond donors (Lipinski definition) is 0. The fourth-order valence-electron chi connectivity index (χ4n) is 3.53. The van der Waals surface area contributed by atoms with Crippen molar-refractivity contribution in [1.82, 2.24) is 0 Å². The Morgan fingerprint density at radius 2 is 1.47 bits per heavy atom. The van der Waals surface area contributed by atoms with Gasteiger partial charge >= 0.3 is 0 Å². The molecule has 1 saturated carbocycles. The minimum absolute atomic E-state index is 0.611. The normalized spacial score (nSPS) is 26.9. The summed E-state index contributed by atoms with van der Waals surface area (Å²) in [5, 5.41) is 0. The second kappa shape index (κ2) is 4.24. The second-order valence-corrected chi connectivity index (χ2v) is 5.33. The molecule has 0 bridgehead atoms. The summed E-state index contributed by atoms with van der Waals surface area (Å²) in [6.45, 7) is 0. The van der Waals surface area contributed by atoms with Gasteiger partial charge in [-0.2, -0.15) is 0 Å². The molecule has 19 heavy (non-hydrogen) atoms. The van der Waals surface area contributed by atoms with Crippen LogP contribution in [0.2, 0.25) is 0 Å². The first-order valence-corrected chi connectivity index (χ1v) is 6.99. The van der Waals surface area contributed by atoms with E-state index in [0.29, 0.717) is 5.92 Å². The standard InChI is InChI=1S/C19H16/c1-2-6-10-16-15(9-5-1)17-11-7-3-4-8-14-12-13-18(16)19(14)17/h1-11,18H,12-13H2. The average Bonchev–Trinajstić information content (AvgIpc) is 2.84. The summed E-state index contributed by atoms with van der Waals surface area (Å²) < 4.78 is 0. The Morgan fingerprint density at radius 1 is 0.737 bits per heavy atom. The van der Waals surface area contributed by atoms with E-state index in [1.807, 2.05) is 0 Å². The van der Waals surface area contributed by atoms with Gasteiger partial charge in [0, 0.05) is 5.92 Å². The maximum Gasteiger partial charge on any atom is 0.0107 e. The maximum absolute atomic E-state index is 2.30. The molecule has 1 unspecified atom stereocenters. The summed E-state index contributed by atoms with van der Waals surface area (Å²) in [4.78, 5) is 0. The third-order valence-electron chi connectivity index (χ3n) is 4.32. The smallest absolute Gasteiger partial charge is 0.0107 e. The Hall–Kier alpha value is -2.08. The van der Waals surface area contributed by atoms with E-state index in [2.05, 4.69) is 66.8 Å². The monoisotopic (exact) mass is 244 g/mol. The lowest BCUT2D eigenvalue weighted by molar-refractivity contribution is 0.749. The largest absolute Gasteiger partial charge is 0.0623 e. The first kappa shape index (κ1) is 10.8. The van der Waals surface area contributed by atoms with Crippen molar-refractivity contribution in [3.05, 3.63) is 94.7 Å². The molecule has 1 fully saturated rings. The van der Waals surface area contributed by atoms with Crippen LogP contribution in [0.3, 0.4) is 0 Å². The molecular formula is C19H16. The topological polar surface area (TPSA) is 0 Å².